The van der Waals surface area contributed by atoms with Gasteiger partial charge in [0.15, 0.2) is 0 Å². The molecule has 1 nitrogen and oxygen atoms in total. The third kappa shape index (κ3) is 3.44. The van der Waals surface area contributed by atoms with E-state index < -0.39 is 0 Å². The van der Waals surface area contributed by atoms with Crippen LogP contribution < -0.4 is 4.90 Å². The molecule has 0 unspecified atom stereocenters. The van der Waals surface area contributed by atoms with E-state index >= 15 is 0 Å². The van der Waals surface area contributed by atoms with Gasteiger partial charge in [0.1, 0.15) is 0 Å². The number of para-hydroxylation sites is 1. The maximum absolute atomic E-state index is 2.32. The van der Waals surface area contributed by atoms with E-state index in [1.165, 1.54) is 46.6 Å². The molecule has 136 valence electrons. The van der Waals surface area contributed by atoms with Crippen LogP contribution in [0.25, 0.3) is 11.1 Å². The Morgan fingerprint density at radius 1 is 0.464 bits per heavy atom. The summed E-state index contributed by atoms with van der Waals surface area (Å²) in [6.45, 7) is 0. The van der Waals surface area contributed by atoms with Crippen molar-refractivity contribution in [1.29, 1.82) is 0 Å². The highest BCUT2D eigenvalue weighted by atomic mass is 15.1. The number of nitrogens with zero attached hydrogens (tertiary/aromatic N) is 1. The average Bonchev–Trinajstić information content (AvgIpc) is 3.62. The van der Waals surface area contributed by atoms with Crippen LogP contribution in [0.1, 0.15) is 24.3 Å². The molecule has 1 aliphatic carbocycles. The summed E-state index contributed by atoms with van der Waals surface area (Å²) in [5, 5.41) is 0. The molecule has 4 aromatic rings. The molecule has 1 aliphatic rings. The third-order valence-electron chi connectivity index (χ3n) is 5.45. The lowest BCUT2D eigenvalue weighted by Crippen LogP contribution is -2.09. The highest BCUT2D eigenvalue weighted by Gasteiger charge is 2.23. The number of rotatable bonds is 5. The molecule has 0 amide bonds. The lowest BCUT2D eigenvalue weighted by atomic mass is 10.0. The van der Waals surface area contributed by atoms with Crippen molar-refractivity contribution >= 4 is 17.1 Å². The first-order valence-electron chi connectivity index (χ1n) is 9.99. The zero-order chi connectivity index (χ0) is 18.8. The smallest absolute Gasteiger partial charge is 0.0462 e. The normalized spacial score (nSPS) is 13.3. The van der Waals surface area contributed by atoms with Gasteiger partial charge in [-0.1, -0.05) is 72.8 Å². The van der Waals surface area contributed by atoms with Crippen molar-refractivity contribution in [3.8, 4) is 11.1 Å². The fourth-order valence-corrected chi connectivity index (χ4v) is 3.77. The zero-order valence-electron chi connectivity index (χ0n) is 15.8. The quantitative estimate of drug-likeness (QED) is 0.352. The predicted octanol–water partition coefficient (Wildman–Crippen LogP) is 7.70. The van der Waals surface area contributed by atoms with Crippen LogP contribution in [0.15, 0.2) is 109 Å². The molecule has 0 atom stereocenters. The summed E-state index contributed by atoms with van der Waals surface area (Å²) in [6.07, 6.45) is 2.67. The van der Waals surface area contributed by atoms with Gasteiger partial charge in [0.25, 0.3) is 0 Å². The van der Waals surface area contributed by atoms with Crippen molar-refractivity contribution in [3.05, 3.63) is 115 Å². The number of benzene rings is 4. The summed E-state index contributed by atoms with van der Waals surface area (Å²) in [6, 6.07) is 39.1. The Morgan fingerprint density at radius 3 is 1.50 bits per heavy atom. The topological polar surface area (TPSA) is 3.24 Å². The summed E-state index contributed by atoms with van der Waals surface area (Å²) < 4.78 is 0. The van der Waals surface area contributed by atoms with Crippen molar-refractivity contribution < 1.29 is 0 Å². The van der Waals surface area contributed by atoms with E-state index in [4.69, 9.17) is 0 Å². The van der Waals surface area contributed by atoms with E-state index in [1.807, 2.05) is 0 Å². The minimum absolute atomic E-state index is 0.782. The molecular weight excluding hydrogens is 338 g/mol. The molecule has 1 heteroatoms. The van der Waals surface area contributed by atoms with E-state index in [0.29, 0.717) is 0 Å². The van der Waals surface area contributed by atoms with Gasteiger partial charge < -0.3 is 4.90 Å². The summed E-state index contributed by atoms with van der Waals surface area (Å²) in [4.78, 5) is 2.32. The number of anilines is 3. The summed E-state index contributed by atoms with van der Waals surface area (Å²) >= 11 is 0. The van der Waals surface area contributed by atoms with Crippen LogP contribution in [-0.2, 0) is 0 Å². The maximum Gasteiger partial charge on any atom is 0.0462 e. The molecule has 1 fully saturated rings. The van der Waals surface area contributed by atoms with Gasteiger partial charge in [0.2, 0.25) is 0 Å². The summed E-state index contributed by atoms with van der Waals surface area (Å²) in [5.74, 6) is 0.782. The molecule has 0 radical (unpaired) electrons. The second-order valence-corrected chi connectivity index (χ2v) is 7.45. The van der Waals surface area contributed by atoms with Crippen LogP contribution in [0.2, 0.25) is 0 Å². The van der Waals surface area contributed by atoms with Crippen LogP contribution in [-0.4, -0.2) is 0 Å². The van der Waals surface area contributed by atoms with E-state index in [9.17, 15) is 0 Å². The van der Waals surface area contributed by atoms with Crippen LogP contribution in [0, 0.1) is 0 Å². The van der Waals surface area contributed by atoms with Crippen molar-refractivity contribution in [3.63, 3.8) is 0 Å². The van der Waals surface area contributed by atoms with E-state index in [2.05, 4.69) is 114 Å². The molecule has 1 saturated carbocycles. The van der Waals surface area contributed by atoms with Crippen molar-refractivity contribution in [2.45, 2.75) is 18.8 Å². The molecule has 0 aromatic heterocycles. The Hall–Kier alpha value is -3.32. The highest BCUT2D eigenvalue weighted by Crippen LogP contribution is 2.42. The Morgan fingerprint density at radius 2 is 0.929 bits per heavy atom. The van der Waals surface area contributed by atoms with Gasteiger partial charge in [-0.05, 0) is 71.8 Å². The van der Waals surface area contributed by atoms with Crippen molar-refractivity contribution in [1.82, 2.24) is 0 Å². The Labute approximate surface area is 166 Å². The molecule has 5 rings (SSSR count). The van der Waals surface area contributed by atoms with E-state index in [0.717, 1.165) is 5.92 Å². The average molecular weight is 361 g/mol. The van der Waals surface area contributed by atoms with E-state index in [-0.39, 0.29) is 0 Å². The first-order valence-corrected chi connectivity index (χ1v) is 9.99. The Bertz CT molecular complexity index is 1030. The fourth-order valence-electron chi connectivity index (χ4n) is 3.77. The minimum atomic E-state index is 0.782. The van der Waals surface area contributed by atoms with Crippen molar-refractivity contribution in [2.24, 2.45) is 0 Å². The van der Waals surface area contributed by atoms with Gasteiger partial charge >= 0.3 is 0 Å². The lowest BCUT2D eigenvalue weighted by Gasteiger charge is -2.26. The largest absolute Gasteiger partial charge is 0.311 e. The minimum Gasteiger partial charge on any atom is -0.311 e. The highest BCUT2D eigenvalue weighted by molar-refractivity contribution is 5.78. The molecule has 0 aliphatic heterocycles. The van der Waals surface area contributed by atoms with Gasteiger partial charge in [-0.3, -0.25) is 0 Å². The number of hydrogen-bond donors (Lipinski definition) is 0. The SMILES string of the molecule is c1ccc(-c2ccc(N(c3ccccc3)c3ccc(C4CC4)cc3)cc2)cc1. The van der Waals surface area contributed by atoms with Crippen LogP contribution in [0.4, 0.5) is 17.1 Å². The zero-order valence-corrected chi connectivity index (χ0v) is 15.8. The molecule has 0 saturated heterocycles. The Kier molecular flexibility index (Phi) is 4.42. The maximum atomic E-state index is 2.32. The van der Waals surface area contributed by atoms with Crippen LogP contribution in [0.5, 0.6) is 0 Å². The van der Waals surface area contributed by atoms with Gasteiger partial charge in [0.05, 0.1) is 0 Å². The predicted molar refractivity (Wildman–Crippen MR) is 119 cm³/mol. The fraction of sp³-hybridized carbons (Fsp3) is 0.111. The molecule has 4 aromatic carbocycles. The Balaban J connectivity index is 1.52. The second-order valence-electron chi connectivity index (χ2n) is 7.45. The third-order valence-corrected chi connectivity index (χ3v) is 5.45. The van der Waals surface area contributed by atoms with Gasteiger partial charge in [-0.15, -0.1) is 0 Å². The molecular formula is C27H23N. The molecule has 0 bridgehead atoms. The standard InChI is InChI=1S/C27H23N/c1-3-7-21(8-4-1)23-13-17-26(18-14-23)28(25-9-5-2-6-10-25)27-19-15-24(16-20-27)22-11-12-22/h1-10,13-20,22H,11-12H2. The number of hydrogen-bond acceptors (Lipinski definition) is 1. The van der Waals surface area contributed by atoms with Gasteiger partial charge in [-0.2, -0.15) is 0 Å². The molecule has 0 spiro atoms. The monoisotopic (exact) mass is 361 g/mol. The lowest BCUT2D eigenvalue weighted by molar-refractivity contribution is 1.13. The summed E-state index contributed by atoms with van der Waals surface area (Å²) in [7, 11) is 0. The summed E-state index contributed by atoms with van der Waals surface area (Å²) in [5.41, 5.74) is 7.49. The molecule has 28 heavy (non-hydrogen) atoms. The van der Waals surface area contributed by atoms with E-state index in [1.54, 1.807) is 0 Å². The van der Waals surface area contributed by atoms with Crippen LogP contribution >= 0.6 is 0 Å². The van der Waals surface area contributed by atoms with Crippen LogP contribution in [0.3, 0.4) is 0 Å². The van der Waals surface area contributed by atoms with Gasteiger partial charge in [-0.25, -0.2) is 0 Å². The molecule has 0 heterocycles. The first-order chi connectivity index (χ1) is 13.9. The van der Waals surface area contributed by atoms with Gasteiger partial charge in [0, 0.05) is 17.1 Å². The second kappa shape index (κ2) is 7.36. The molecule has 0 N–H and O–H groups in total. The van der Waals surface area contributed by atoms with Crippen molar-refractivity contribution in [2.75, 3.05) is 4.90 Å². The first kappa shape index (κ1) is 16.8.